The lowest BCUT2D eigenvalue weighted by molar-refractivity contribution is 0.315. The van der Waals surface area contributed by atoms with Gasteiger partial charge in [0.1, 0.15) is 5.82 Å². The molecule has 0 radical (unpaired) electrons. The molecule has 0 amide bonds. The highest BCUT2D eigenvalue weighted by Crippen LogP contribution is 2.32. The van der Waals surface area contributed by atoms with E-state index < -0.39 is 10.0 Å². The highest BCUT2D eigenvalue weighted by Gasteiger charge is 2.31. The minimum absolute atomic E-state index is 0.319. The standard InChI is InChI=1S/C16H22N4O2S2/c1-12(2)24(21,22)20-9-6-13(7-10-20)14-11-23-16(18-14)19-15-5-3-4-8-17-15/h3-5,8,11-13H,6-7,9-10H2,1-2H3,(H,17,18,19). The number of anilines is 2. The van der Waals surface area contributed by atoms with Gasteiger partial charge in [0, 0.05) is 30.6 Å². The van der Waals surface area contributed by atoms with E-state index in [1.165, 1.54) is 0 Å². The topological polar surface area (TPSA) is 75.2 Å². The molecule has 1 fully saturated rings. The van der Waals surface area contributed by atoms with E-state index in [2.05, 4.69) is 20.7 Å². The second-order valence-corrected chi connectivity index (χ2v) is 9.53. The lowest BCUT2D eigenvalue weighted by Crippen LogP contribution is -2.41. The Morgan fingerprint density at radius 2 is 2.04 bits per heavy atom. The third kappa shape index (κ3) is 3.76. The molecule has 0 aromatic carbocycles. The van der Waals surface area contributed by atoms with Crippen molar-refractivity contribution in [1.82, 2.24) is 14.3 Å². The molecular weight excluding hydrogens is 344 g/mol. The summed E-state index contributed by atoms with van der Waals surface area (Å²) in [6.45, 7) is 4.62. The Balaban J connectivity index is 1.61. The normalized spacial score (nSPS) is 17.3. The van der Waals surface area contributed by atoms with Crippen LogP contribution >= 0.6 is 11.3 Å². The van der Waals surface area contributed by atoms with E-state index in [1.54, 1.807) is 35.7 Å². The van der Waals surface area contributed by atoms with E-state index in [4.69, 9.17) is 0 Å². The molecule has 0 saturated carbocycles. The molecule has 1 aliphatic heterocycles. The van der Waals surface area contributed by atoms with E-state index >= 15 is 0 Å². The van der Waals surface area contributed by atoms with Crippen LogP contribution in [-0.4, -0.2) is 41.0 Å². The highest BCUT2D eigenvalue weighted by atomic mass is 32.2. The number of nitrogens with one attached hydrogen (secondary N) is 1. The van der Waals surface area contributed by atoms with E-state index in [0.717, 1.165) is 29.5 Å². The summed E-state index contributed by atoms with van der Waals surface area (Å²) in [6, 6.07) is 5.70. The van der Waals surface area contributed by atoms with Gasteiger partial charge < -0.3 is 5.32 Å². The molecule has 0 unspecified atom stereocenters. The first-order chi connectivity index (χ1) is 11.5. The van der Waals surface area contributed by atoms with Gasteiger partial charge in [-0.1, -0.05) is 6.07 Å². The van der Waals surface area contributed by atoms with Gasteiger partial charge in [-0.2, -0.15) is 0 Å². The third-order valence-corrected chi connectivity index (χ3v) is 7.30. The zero-order valence-electron chi connectivity index (χ0n) is 13.8. The molecule has 1 saturated heterocycles. The smallest absolute Gasteiger partial charge is 0.216 e. The van der Waals surface area contributed by atoms with E-state index in [9.17, 15) is 8.42 Å². The van der Waals surface area contributed by atoms with Crippen molar-refractivity contribution < 1.29 is 8.42 Å². The van der Waals surface area contributed by atoms with Crippen LogP contribution in [0.5, 0.6) is 0 Å². The van der Waals surface area contributed by atoms with Crippen LogP contribution in [0.2, 0.25) is 0 Å². The summed E-state index contributed by atoms with van der Waals surface area (Å²) < 4.78 is 26.1. The summed E-state index contributed by atoms with van der Waals surface area (Å²) >= 11 is 1.56. The van der Waals surface area contributed by atoms with Gasteiger partial charge in [0.15, 0.2) is 5.13 Å². The van der Waals surface area contributed by atoms with Gasteiger partial charge in [0.2, 0.25) is 10.0 Å². The Labute approximate surface area is 147 Å². The molecular formula is C16H22N4O2S2. The minimum atomic E-state index is -3.15. The van der Waals surface area contributed by atoms with Crippen LogP contribution in [0.3, 0.4) is 0 Å². The molecule has 0 aliphatic carbocycles. The van der Waals surface area contributed by atoms with Crippen molar-refractivity contribution >= 4 is 32.3 Å². The SMILES string of the molecule is CC(C)S(=O)(=O)N1CCC(c2csc(Nc3ccccn3)n2)CC1. The number of rotatable bonds is 5. The Kier molecular flexibility index (Phi) is 5.17. The van der Waals surface area contributed by atoms with Crippen LogP contribution in [0.4, 0.5) is 10.9 Å². The summed E-state index contributed by atoms with van der Waals surface area (Å²) in [6.07, 6.45) is 3.37. The largest absolute Gasteiger partial charge is 0.316 e. The summed E-state index contributed by atoms with van der Waals surface area (Å²) in [5, 5.41) is 5.72. The van der Waals surface area contributed by atoms with Crippen LogP contribution in [0.25, 0.3) is 0 Å². The molecule has 6 nitrogen and oxygen atoms in total. The van der Waals surface area contributed by atoms with Crippen LogP contribution in [-0.2, 0) is 10.0 Å². The number of hydrogen-bond donors (Lipinski definition) is 1. The fourth-order valence-electron chi connectivity index (χ4n) is 2.78. The second kappa shape index (κ2) is 7.16. The van der Waals surface area contributed by atoms with Crippen molar-refractivity contribution in [3.05, 3.63) is 35.5 Å². The Bertz CT molecular complexity index is 766. The molecule has 3 heterocycles. The first kappa shape index (κ1) is 17.3. The first-order valence-corrected chi connectivity index (χ1v) is 10.5. The number of pyridine rings is 1. The van der Waals surface area contributed by atoms with Crippen LogP contribution < -0.4 is 5.32 Å². The quantitative estimate of drug-likeness (QED) is 0.879. The summed E-state index contributed by atoms with van der Waals surface area (Å²) in [5.74, 6) is 1.09. The maximum absolute atomic E-state index is 12.2. The lowest BCUT2D eigenvalue weighted by Gasteiger charge is -2.31. The second-order valence-electron chi connectivity index (χ2n) is 6.18. The average molecular weight is 367 g/mol. The number of sulfonamides is 1. The predicted octanol–water partition coefficient (Wildman–Crippen LogP) is 3.20. The molecule has 1 N–H and O–H groups in total. The van der Waals surface area contributed by atoms with Crippen LogP contribution in [0.1, 0.15) is 38.3 Å². The van der Waals surface area contributed by atoms with Crippen molar-refractivity contribution in [3.63, 3.8) is 0 Å². The van der Waals surface area contributed by atoms with Gasteiger partial charge in [-0.05, 0) is 38.8 Å². The highest BCUT2D eigenvalue weighted by molar-refractivity contribution is 7.89. The van der Waals surface area contributed by atoms with Crippen molar-refractivity contribution in [2.45, 2.75) is 37.9 Å². The van der Waals surface area contributed by atoms with Gasteiger partial charge >= 0.3 is 0 Å². The van der Waals surface area contributed by atoms with Crippen molar-refractivity contribution in [3.8, 4) is 0 Å². The molecule has 8 heteroatoms. The number of thiazole rings is 1. The first-order valence-electron chi connectivity index (χ1n) is 8.09. The molecule has 130 valence electrons. The van der Waals surface area contributed by atoms with Gasteiger partial charge in [-0.15, -0.1) is 11.3 Å². The van der Waals surface area contributed by atoms with Crippen molar-refractivity contribution in [2.75, 3.05) is 18.4 Å². The number of nitrogens with zero attached hydrogens (tertiary/aromatic N) is 3. The van der Waals surface area contributed by atoms with Gasteiger partial charge in [0.05, 0.1) is 10.9 Å². The Morgan fingerprint density at radius 3 is 2.67 bits per heavy atom. The molecule has 1 aliphatic rings. The molecule has 2 aromatic rings. The number of piperidine rings is 1. The van der Waals surface area contributed by atoms with E-state index in [0.29, 0.717) is 19.0 Å². The molecule has 2 aromatic heterocycles. The number of hydrogen-bond acceptors (Lipinski definition) is 6. The van der Waals surface area contributed by atoms with E-state index in [1.807, 2.05) is 18.2 Å². The monoisotopic (exact) mass is 366 g/mol. The molecule has 3 rings (SSSR count). The molecule has 0 bridgehead atoms. The third-order valence-electron chi connectivity index (χ3n) is 4.25. The Morgan fingerprint density at radius 1 is 1.29 bits per heavy atom. The Hall–Kier alpha value is -1.51. The average Bonchev–Trinajstić information content (AvgIpc) is 3.04. The van der Waals surface area contributed by atoms with Crippen molar-refractivity contribution in [2.24, 2.45) is 0 Å². The van der Waals surface area contributed by atoms with Gasteiger partial charge in [0.25, 0.3) is 0 Å². The maximum atomic E-state index is 12.2. The number of aromatic nitrogens is 2. The maximum Gasteiger partial charge on any atom is 0.216 e. The zero-order chi connectivity index (χ0) is 17.2. The molecule has 24 heavy (non-hydrogen) atoms. The fraction of sp³-hybridized carbons (Fsp3) is 0.500. The zero-order valence-corrected chi connectivity index (χ0v) is 15.5. The summed E-state index contributed by atoms with van der Waals surface area (Å²) in [5.41, 5.74) is 1.04. The van der Waals surface area contributed by atoms with Gasteiger partial charge in [-0.3, -0.25) is 0 Å². The predicted molar refractivity (Wildman–Crippen MR) is 97.2 cm³/mol. The van der Waals surface area contributed by atoms with Gasteiger partial charge in [-0.25, -0.2) is 22.7 Å². The summed E-state index contributed by atoms with van der Waals surface area (Å²) in [4.78, 5) is 8.88. The summed E-state index contributed by atoms with van der Waals surface area (Å²) in [7, 11) is -3.15. The molecule has 0 atom stereocenters. The van der Waals surface area contributed by atoms with E-state index in [-0.39, 0.29) is 5.25 Å². The lowest BCUT2D eigenvalue weighted by atomic mass is 9.95. The van der Waals surface area contributed by atoms with Crippen LogP contribution in [0, 0.1) is 0 Å². The minimum Gasteiger partial charge on any atom is -0.316 e. The fourth-order valence-corrected chi connectivity index (χ4v) is 4.90. The molecule has 0 spiro atoms. The van der Waals surface area contributed by atoms with Crippen molar-refractivity contribution in [1.29, 1.82) is 0 Å². The van der Waals surface area contributed by atoms with Crippen LogP contribution in [0.15, 0.2) is 29.8 Å².